The Hall–Kier alpha value is -3.19. The minimum Gasteiger partial charge on any atom is -0.497 e. The highest BCUT2D eigenvalue weighted by atomic mass is 16.5. The highest BCUT2D eigenvalue weighted by Crippen LogP contribution is 2.24. The van der Waals surface area contributed by atoms with E-state index in [0.29, 0.717) is 24.8 Å². The first-order valence-electron chi connectivity index (χ1n) is 11.6. The topological polar surface area (TPSA) is 80.5 Å². The molecule has 7 nitrogen and oxygen atoms in total. The Labute approximate surface area is 195 Å². The number of benzene rings is 2. The first-order chi connectivity index (χ1) is 16.1. The average molecular weight is 449 g/mol. The number of carbonyl (C=O) groups excluding carboxylic acids is 1. The van der Waals surface area contributed by atoms with E-state index >= 15 is 0 Å². The molecule has 174 valence electrons. The number of carbonyl (C=O) groups is 1. The van der Waals surface area contributed by atoms with E-state index in [0.717, 1.165) is 48.2 Å². The Morgan fingerprint density at radius 2 is 2.09 bits per heavy atom. The molecule has 0 bridgehead atoms. The smallest absolute Gasteiger partial charge is 0.241 e. The Balaban J connectivity index is 1.35. The quantitative estimate of drug-likeness (QED) is 0.545. The number of methoxy groups -OCH3 is 1. The van der Waals surface area contributed by atoms with Crippen molar-refractivity contribution in [2.45, 2.75) is 45.7 Å². The molecule has 1 N–H and O–H groups in total. The van der Waals surface area contributed by atoms with Gasteiger partial charge < -0.3 is 14.6 Å². The summed E-state index contributed by atoms with van der Waals surface area (Å²) < 4.78 is 10.7. The summed E-state index contributed by atoms with van der Waals surface area (Å²) in [5, 5.41) is 7.39. The van der Waals surface area contributed by atoms with E-state index in [1.807, 2.05) is 55.5 Å². The monoisotopic (exact) mass is 448 g/mol. The number of aryl methyl sites for hydroxylation is 1. The number of amides is 1. The number of piperidine rings is 1. The molecule has 1 fully saturated rings. The lowest BCUT2D eigenvalue weighted by molar-refractivity contribution is -0.127. The summed E-state index contributed by atoms with van der Waals surface area (Å²) in [5.74, 6) is 2.05. The molecule has 33 heavy (non-hydrogen) atoms. The maximum Gasteiger partial charge on any atom is 0.241 e. The summed E-state index contributed by atoms with van der Waals surface area (Å²) in [5.41, 5.74) is 3.20. The second-order valence-electron chi connectivity index (χ2n) is 8.70. The van der Waals surface area contributed by atoms with Crippen LogP contribution in [0.5, 0.6) is 5.75 Å². The van der Waals surface area contributed by atoms with Crippen molar-refractivity contribution in [3.05, 3.63) is 65.5 Å². The molecule has 0 spiro atoms. The Morgan fingerprint density at radius 3 is 2.82 bits per heavy atom. The third kappa shape index (κ3) is 5.79. The van der Waals surface area contributed by atoms with Crippen LogP contribution in [0.25, 0.3) is 11.4 Å². The van der Waals surface area contributed by atoms with Gasteiger partial charge in [-0.25, -0.2) is 0 Å². The highest BCUT2D eigenvalue weighted by molar-refractivity contribution is 5.79. The van der Waals surface area contributed by atoms with Crippen molar-refractivity contribution < 1.29 is 14.1 Å². The number of hydrogen-bond acceptors (Lipinski definition) is 6. The van der Waals surface area contributed by atoms with Crippen molar-refractivity contribution in [1.29, 1.82) is 0 Å². The standard InChI is InChI=1S/C26H32N4O3/c1-4-23(19-10-12-22(32-3)13-11-19)27-26(31)21-9-6-14-30(16-21)17-24-28-25(29-33-24)20-8-5-7-18(2)15-20/h5,7-8,10-13,15,21,23H,4,6,9,14,16-17H2,1-3H3,(H,27,31). The average Bonchev–Trinajstić information content (AvgIpc) is 3.31. The van der Waals surface area contributed by atoms with Crippen LogP contribution in [0, 0.1) is 12.8 Å². The van der Waals surface area contributed by atoms with Crippen molar-refractivity contribution in [3.8, 4) is 17.1 Å². The summed E-state index contributed by atoms with van der Waals surface area (Å²) in [4.78, 5) is 19.9. The predicted octanol–water partition coefficient (Wildman–Crippen LogP) is 4.53. The molecule has 0 saturated carbocycles. The largest absolute Gasteiger partial charge is 0.497 e. The summed E-state index contributed by atoms with van der Waals surface area (Å²) >= 11 is 0. The van der Waals surface area contributed by atoms with Crippen molar-refractivity contribution in [2.75, 3.05) is 20.2 Å². The molecule has 1 saturated heterocycles. The zero-order valence-electron chi connectivity index (χ0n) is 19.6. The number of likely N-dealkylation sites (tertiary alicyclic amines) is 1. The van der Waals surface area contributed by atoms with Gasteiger partial charge in [0.1, 0.15) is 5.75 Å². The molecular weight excluding hydrogens is 416 g/mol. The molecular formula is C26H32N4O3. The van der Waals surface area contributed by atoms with Crippen LogP contribution in [-0.2, 0) is 11.3 Å². The normalized spacial score (nSPS) is 17.5. The number of nitrogens with zero attached hydrogens (tertiary/aromatic N) is 3. The fraction of sp³-hybridized carbons (Fsp3) is 0.423. The lowest BCUT2D eigenvalue weighted by Gasteiger charge is -2.32. The van der Waals surface area contributed by atoms with Crippen molar-refractivity contribution >= 4 is 5.91 Å². The molecule has 1 aromatic heterocycles. The Morgan fingerprint density at radius 1 is 1.27 bits per heavy atom. The van der Waals surface area contributed by atoms with E-state index in [-0.39, 0.29) is 17.9 Å². The second-order valence-corrected chi connectivity index (χ2v) is 8.70. The van der Waals surface area contributed by atoms with Crippen LogP contribution in [0.1, 0.15) is 49.2 Å². The highest BCUT2D eigenvalue weighted by Gasteiger charge is 2.28. The summed E-state index contributed by atoms with van der Waals surface area (Å²) in [6.45, 7) is 6.29. The van der Waals surface area contributed by atoms with Crippen LogP contribution in [0.3, 0.4) is 0 Å². The number of rotatable bonds is 8. The van der Waals surface area contributed by atoms with Gasteiger partial charge in [-0.1, -0.05) is 48.0 Å². The van der Waals surface area contributed by atoms with Gasteiger partial charge in [-0.2, -0.15) is 4.98 Å². The molecule has 0 radical (unpaired) electrons. The summed E-state index contributed by atoms with van der Waals surface area (Å²) in [7, 11) is 1.65. The number of nitrogens with one attached hydrogen (secondary N) is 1. The van der Waals surface area contributed by atoms with Gasteiger partial charge >= 0.3 is 0 Å². The molecule has 1 amide bonds. The third-order valence-corrected chi connectivity index (χ3v) is 6.22. The first-order valence-corrected chi connectivity index (χ1v) is 11.6. The van der Waals surface area contributed by atoms with Crippen LogP contribution in [0.2, 0.25) is 0 Å². The van der Waals surface area contributed by atoms with E-state index in [1.54, 1.807) is 7.11 Å². The molecule has 0 aliphatic carbocycles. The number of ether oxygens (including phenoxy) is 1. The van der Waals surface area contributed by atoms with Gasteiger partial charge in [0, 0.05) is 12.1 Å². The Bertz CT molecular complexity index is 1060. The minimum atomic E-state index is -0.0507. The van der Waals surface area contributed by atoms with Crippen molar-refractivity contribution in [2.24, 2.45) is 5.92 Å². The van der Waals surface area contributed by atoms with Crippen LogP contribution in [0.4, 0.5) is 0 Å². The molecule has 2 aromatic carbocycles. The molecule has 2 unspecified atom stereocenters. The third-order valence-electron chi connectivity index (χ3n) is 6.22. The van der Waals surface area contributed by atoms with E-state index in [1.165, 1.54) is 0 Å². The van der Waals surface area contributed by atoms with E-state index < -0.39 is 0 Å². The van der Waals surface area contributed by atoms with Crippen LogP contribution < -0.4 is 10.1 Å². The zero-order valence-corrected chi connectivity index (χ0v) is 19.6. The molecule has 2 atom stereocenters. The fourth-order valence-electron chi connectivity index (χ4n) is 4.37. The molecule has 3 aromatic rings. The zero-order chi connectivity index (χ0) is 23.2. The predicted molar refractivity (Wildman–Crippen MR) is 127 cm³/mol. The second kappa shape index (κ2) is 10.6. The van der Waals surface area contributed by atoms with E-state index in [2.05, 4.69) is 27.3 Å². The lowest BCUT2D eigenvalue weighted by atomic mass is 9.95. The minimum absolute atomic E-state index is 0.00777. The van der Waals surface area contributed by atoms with Gasteiger partial charge in [0.15, 0.2) is 0 Å². The SMILES string of the molecule is CCC(NC(=O)C1CCCN(Cc2nc(-c3cccc(C)c3)no2)C1)c1ccc(OC)cc1. The van der Waals surface area contributed by atoms with Crippen molar-refractivity contribution in [3.63, 3.8) is 0 Å². The lowest BCUT2D eigenvalue weighted by Crippen LogP contribution is -2.43. The van der Waals surface area contributed by atoms with Gasteiger partial charge in [-0.05, 0) is 56.5 Å². The molecule has 1 aliphatic heterocycles. The van der Waals surface area contributed by atoms with E-state index in [9.17, 15) is 4.79 Å². The maximum atomic E-state index is 13.1. The van der Waals surface area contributed by atoms with Crippen LogP contribution in [0.15, 0.2) is 53.1 Å². The van der Waals surface area contributed by atoms with Gasteiger partial charge in [-0.15, -0.1) is 0 Å². The van der Waals surface area contributed by atoms with Gasteiger partial charge in [0.25, 0.3) is 0 Å². The van der Waals surface area contributed by atoms with Gasteiger partial charge in [-0.3, -0.25) is 9.69 Å². The van der Waals surface area contributed by atoms with Gasteiger partial charge in [0.05, 0.1) is 25.6 Å². The van der Waals surface area contributed by atoms with E-state index in [4.69, 9.17) is 9.26 Å². The van der Waals surface area contributed by atoms with Crippen LogP contribution >= 0.6 is 0 Å². The number of aromatic nitrogens is 2. The van der Waals surface area contributed by atoms with Crippen LogP contribution in [-0.4, -0.2) is 41.1 Å². The molecule has 2 heterocycles. The fourth-order valence-corrected chi connectivity index (χ4v) is 4.37. The maximum absolute atomic E-state index is 13.1. The molecule has 4 rings (SSSR count). The summed E-state index contributed by atoms with van der Waals surface area (Å²) in [6, 6.07) is 15.9. The molecule has 1 aliphatic rings. The molecule has 7 heteroatoms. The van der Waals surface area contributed by atoms with Crippen molar-refractivity contribution in [1.82, 2.24) is 20.4 Å². The first kappa shape index (κ1) is 23.0. The Kier molecular flexibility index (Phi) is 7.40. The number of hydrogen-bond donors (Lipinski definition) is 1. The van der Waals surface area contributed by atoms with Gasteiger partial charge in [0.2, 0.25) is 17.6 Å². The summed E-state index contributed by atoms with van der Waals surface area (Å²) in [6.07, 6.45) is 2.69.